The zero-order valence-corrected chi connectivity index (χ0v) is 13.0. The average molecular weight is 311 g/mol. The third-order valence-electron chi connectivity index (χ3n) is 3.98. The summed E-state index contributed by atoms with van der Waals surface area (Å²) in [6.45, 7) is 3.55. The Balaban J connectivity index is 2.20. The molecule has 0 aromatic carbocycles. The van der Waals surface area contributed by atoms with Crippen molar-refractivity contribution >= 4 is 17.3 Å². The van der Waals surface area contributed by atoms with Crippen LogP contribution < -0.4 is 4.90 Å². The topological polar surface area (TPSA) is 36.4 Å². The minimum atomic E-state index is -0.443. The molecule has 0 unspecified atom stereocenters. The Hall–Kier alpha value is -1.31. The molecular formula is C16H20ClFN2O. The number of pyridine rings is 1. The first-order valence-electron chi connectivity index (χ1n) is 7.14. The number of halogens is 2. The van der Waals surface area contributed by atoms with Crippen LogP contribution in [-0.2, 0) is 0 Å². The largest absolute Gasteiger partial charge is 0.396 e. The Labute approximate surface area is 130 Å². The molecular weight excluding hydrogens is 291 g/mol. The van der Waals surface area contributed by atoms with Gasteiger partial charge in [0.1, 0.15) is 11.8 Å². The fraction of sp³-hybridized carbons (Fsp3) is 0.562. The lowest BCUT2D eigenvalue weighted by molar-refractivity contribution is 0.115. The van der Waals surface area contributed by atoms with E-state index in [0.29, 0.717) is 5.15 Å². The van der Waals surface area contributed by atoms with E-state index >= 15 is 0 Å². The Morgan fingerprint density at radius 2 is 2.19 bits per heavy atom. The van der Waals surface area contributed by atoms with Gasteiger partial charge in [-0.3, -0.25) is 4.39 Å². The van der Waals surface area contributed by atoms with Gasteiger partial charge in [0.25, 0.3) is 0 Å². The summed E-state index contributed by atoms with van der Waals surface area (Å²) in [5, 5.41) is 9.87. The molecule has 1 aliphatic heterocycles. The molecule has 1 aromatic rings. The number of alkyl halides is 1. The van der Waals surface area contributed by atoms with Gasteiger partial charge in [0, 0.05) is 38.4 Å². The molecule has 0 aliphatic carbocycles. The highest BCUT2D eigenvalue weighted by Crippen LogP contribution is 2.34. The number of aliphatic hydroxyl groups excluding tert-OH is 1. The van der Waals surface area contributed by atoms with Gasteiger partial charge in [-0.05, 0) is 18.3 Å². The van der Waals surface area contributed by atoms with E-state index in [1.54, 1.807) is 6.20 Å². The van der Waals surface area contributed by atoms with E-state index in [1.807, 2.05) is 6.07 Å². The van der Waals surface area contributed by atoms with Crippen molar-refractivity contribution in [2.75, 3.05) is 31.3 Å². The number of nitrogens with zero attached hydrogens (tertiary/aromatic N) is 2. The van der Waals surface area contributed by atoms with Crippen LogP contribution in [0.2, 0.25) is 5.15 Å². The quantitative estimate of drug-likeness (QED) is 0.688. The Bertz CT molecular complexity index is 545. The molecule has 0 saturated carbocycles. The molecule has 0 atom stereocenters. The van der Waals surface area contributed by atoms with Crippen molar-refractivity contribution in [2.45, 2.75) is 26.2 Å². The highest BCUT2D eigenvalue weighted by Gasteiger charge is 2.30. The van der Waals surface area contributed by atoms with E-state index in [1.165, 1.54) is 0 Å². The number of aromatic nitrogens is 1. The number of rotatable bonds is 3. The third-order valence-corrected chi connectivity index (χ3v) is 4.19. The minimum absolute atomic E-state index is 0.00655. The van der Waals surface area contributed by atoms with E-state index in [2.05, 4.69) is 28.6 Å². The summed E-state index contributed by atoms with van der Waals surface area (Å²) in [4.78, 5) is 6.27. The summed E-state index contributed by atoms with van der Waals surface area (Å²) in [5.74, 6) is 5.77. The first-order chi connectivity index (χ1) is 10.1. The molecule has 2 heterocycles. The fourth-order valence-corrected chi connectivity index (χ4v) is 2.58. The van der Waals surface area contributed by atoms with Gasteiger partial charge in [-0.15, -0.1) is 0 Å². The Morgan fingerprint density at radius 3 is 2.81 bits per heavy atom. The summed E-state index contributed by atoms with van der Waals surface area (Å²) >= 11 is 5.99. The zero-order chi connectivity index (χ0) is 15.3. The summed E-state index contributed by atoms with van der Waals surface area (Å²) < 4.78 is 12.2. The second kappa shape index (κ2) is 7.11. The molecule has 1 N–H and O–H groups in total. The van der Waals surface area contributed by atoms with Gasteiger partial charge >= 0.3 is 0 Å². The highest BCUT2D eigenvalue weighted by molar-refractivity contribution is 6.29. The molecule has 21 heavy (non-hydrogen) atoms. The maximum absolute atomic E-state index is 12.2. The van der Waals surface area contributed by atoms with Crippen LogP contribution in [0.1, 0.15) is 31.7 Å². The third kappa shape index (κ3) is 4.09. The van der Waals surface area contributed by atoms with E-state index < -0.39 is 6.67 Å². The zero-order valence-electron chi connectivity index (χ0n) is 12.2. The van der Waals surface area contributed by atoms with E-state index in [-0.39, 0.29) is 18.4 Å². The highest BCUT2D eigenvalue weighted by atomic mass is 35.5. The van der Waals surface area contributed by atoms with E-state index in [4.69, 9.17) is 11.6 Å². The molecule has 0 spiro atoms. The van der Waals surface area contributed by atoms with Crippen LogP contribution in [0, 0.1) is 17.3 Å². The van der Waals surface area contributed by atoms with Crippen LogP contribution in [0.4, 0.5) is 10.1 Å². The van der Waals surface area contributed by atoms with Gasteiger partial charge in [0.15, 0.2) is 0 Å². The minimum Gasteiger partial charge on any atom is -0.396 e. The predicted molar refractivity (Wildman–Crippen MR) is 83.4 cm³/mol. The van der Waals surface area contributed by atoms with Crippen molar-refractivity contribution in [3.05, 3.63) is 23.0 Å². The normalized spacial score (nSPS) is 17.2. The molecule has 5 heteroatoms. The molecule has 1 aromatic heterocycles. The molecule has 1 saturated heterocycles. The summed E-state index contributed by atoms with van der Waals surface area (Å²) in [6, 6.07) is 1.81. The van der Waals surface area contributed by atoms with Crippen molar-refractivity contribution in [3.63, 3.8) is 0 Å². The number of hydrogen-bond donors (Lipinski definition) is 1. The lowest BCUT2D eigenvalue weighted by Gasteiger charge is -2.39. The Kier molecular flexibility index (Phi) is 5.44. The smallest absolute Gasteiger partial charge is 0.131 e. The van der Waals surface area contributed by atoms with Crippen LogP contribution in [0.25, 0.3) is 0 Å². The number of piperidine rings is 1. The SMILES string of the molecule is CC1(CO)CCN(c2cc(Cl)ncc2C#CCCF)CC1. The fourth-order valence-electron chi connectivity index (χ4n) is 2.43. The lowest BCUT2D eigenvalue weighted by atomic mass is 9.81. The van der Waals surface area contributed by atoms with Gasteiger partial charge in [0.2, 0.25) is 0 Å². The molecule has 1 aliphatic rings. The first kappa shape index (κ1) is 16.1. The first-order valence-corrected chi connectivity index (χ1v) is 7.52. The maximum Gasteiger partial charge on any atom is 0.131 e. The summed E-state index contributed by atoms with van der Waals surface area (Å²) in [6.07, 6.45) is 3.70. The van der Waals surface area contributed by atoms with Crippen LogP contribution >= 0.6 is 11.6 Å². The van der Waals surface area contributed by atoms with Crippen molar-refractivity contribution in [2.24, 2.45) is 5.41 Å². The number of anilines is 1. The second-order valence-corrected chi connectivity index (χ2v) is 6.11. The molecule has 2 rings (SSSR count). The average Bonchev–Trinajstić information content (AvgIpc) is 2.50. The number of hydrogen-bond acceptors (Lipinski definition) is 3. The van der Waals surface area contributed by atoms with Gasteiger partial charge in [0.05, 0.1) is 11.3 Å². The molecule has 1 fully saturated rings. The van der Waals surface area contributed by atoms with Crippen molar-refractivity contribution in [1.82, 2.24) is 4.98 Å². The van der Waals surface area contributed by atoms with Crippen molar-refractivity contribution in [1.29, 1.82) is 0 Å². The van der Waals surface area contributed by atoms with Gasteiger partial charge in [-0.2, -0.15) is 0 Å². The van der Waals surface area contributed by atoms with Crippen molar-refractivity contribution in [3.8, 4) is 11.8 Å². The van der Waals surface area contributed by atoms with Crippen LogP contribution in [-0.4, -0.2) is 36.5 Å². The Morgan fingerprint density at radius 1 is 1.48 bits per heavy atom. The van der Waals surface area contributed by atoms with Crippen molar-refractivity contribution < 1.29 is 9.50 Å². The monoisotopic (exact) mass is 310 g/mol. The molecule has 0 bridgehead atoms. The van der Waals surface area contributed by atoms with Crippen LogP contribution in [0.3, 0.4) is 0 Å². The summed E-state index contributed by atoms with van der Waals surface area (Å²) in [5.41, 5.74) is 1.72. The number of aliphatic hydroxyl groups is 1. The van der Waals surface area contributed by atoms with E-state index in [9.17, 15) is 9.50 Å². The molecule has 3 nitrogen and oxygen atoms in total. The van der Waals surface area contributed by atoms with Gasteiger partial charge in [-0.25, -0.2) is 4.98 Å². The summed E-state index contributed by atoms with van der Waals surface area (Å²) in [7, 11) is 0. The lowest BCUT2D eigenvalue weighted by Crippen LogP contribution is -2.40. The maximum atomic E-state index is 12.2. The van der Waals surface area contributed by atoms with Gasteiger partial charge < -0.3 is 10.0 Å². The second-order valence-electron chi connectivity index (χ2n) is 5.72. The van der Waals surface area contributed by atoms with Crippen LogP contribution in [0.15, 0.2) is 12.3 Å². The van der Waals surface area contributed by atoms with E-state index in [0.717, 1.165) is 37.2 Å². The predicted octanol–water partition coefficient (Wildman–Crippen LogP) is 3.04. The van der Waals surface area contributed by atoms with Gasteiger partial charge in [-0.1, -0.05) is 30.4 Å². The molecule has 114 valence electrons. The molecule has 0 radical (unpaired) electrons. The van der Waals surface area contributed by atoms with Crippen LogP contribution in [0.5, 0.6) is 0 Å². The standard InChI is InChI=1S/C16H20ClFN2O/c1-16(12-21)5-8-20(9-6-16)14-10-15(17)19-11-13(14)4-2-3-7-18/h10-11,21H,3,5-9,12H2,1H3. The molecule has 0 amide bonds.